The molecule has 8 N–H and O–H groups in total. The summed E-state index contributed by atoms with van der Waals surface area (Å²) in [6.07, 6.45) is -7.68. The molecule has 12 heteroatoms. The van der Waals surface area contributed by atoms with Gasteiger partial charge in [0.2, 0.25) is 0 Å². The van der Waals surface area contributed by atoms with E-state index in [2.05, 4.69) is 10.3 Å². The van der Waals surface area contributed by atoms with Crippen LogP contribution in [0.4, 0.5) is 0 Å². The summed E-state index contributed by atoms with van der Waals surface area (Å²) in [6, 6.07) is 9.77. The molecule has 2 aromatic heterocycles. The maximum absolute atomic E-state index is 13.2. The average molecular weight is 519 g/mol. The summed E-state index contributed by atoms with van der Waals surface area (Å²) in [5.41, 5.74) is 1.50. The fourth-order valence-corrected chi connectivity index (χ4v) is 5.94. The number of hydrogen-bond donors (Lipinski definition) is 8. The van der Waals surface area contributed by atoms with Crippen LogP contribution in [0.15, 0.2) is 36.4 Å². The number of ether oxygens (including phenoxy) is 1. The van der Waals surface area contributed by atoms with Crippen LogP contribution >= 0.6 is 0 Å². The van der Waals surface area contributed by atoms with Crippen molar-refractivity contribution in [1.82, 2.24) is 14.9 Å². The van der Waals surface area contributed by atoms with Gasteiger partial charge >= 0.3 is 0 Å². The van der Waals surface area contributed by atoms with Crippen molar-refractivity contribution < 1.29 is 45.0 Å². The summed E-state index contributed by atoms with van der Waals surface area (Å²) in [5, 5.41) is 66.6. The van der Waals surface area contributed by atoms with Crippen LogP contribution in [0.1, 0.15) is 26.9 Å². The van der Waals surface area contributed by atoms with E-state index in [4.69, 9.17) is 4.74 Å². The van der Waals surface area contributed by atoms with Crippen LogP contribution in [-0.2, 0) is 4.74 Å². The van der Waals surface area contributed by atoms with Crippen molar-refractivity contribution in [2.24, 2.45) is 0 Å². The maximum Gasteiger partial charge on any atom is 0.259 e. The van der Waals surface area contributed by atoms with E-state index in [0.717, 1.165) is 0 Å². The molecule has 0 radical (unpaired) electrons. The van der Waals surface area contributed by atoms with Gasteiger partial charge in [0.1, 0.15) is 24.4 Å². The lowest BCUT2D eigenvalue weighted by molar-refractivity contribution is -0.249. The van der Waals surface area contributed by atoms with Gasteiger partial charge in [0.25, 0.3) is 11.8 Å². The quantitative estimate of drug-likeness (QED) is 0.122. The smallest absolute Gasteiger partial charge is 0.259 e. The molecule has 1 saturated heterocycles. The molecule has 0 aliphatic carbocycles. The number of aliphatic hydroxyl groups excluding tert-OH is 4. The second-order valence-electron chi connectivity index (χ2n) is 9.59. The van der Waals surface area contributed by atoms with Crippen LogP contribution in [0.2, 0.25) is 0 Å². The molecule has 0 spiro atoms. The lowest BCUT2D eigenvalue weighted by atomic mass is 9.96. The van der Waals surface area contributed by atoms with Gasteiger partial charge in [0.15, 0.2) is 17.7 Å². The Kier molecular flexibility index (Phi) is 4.63. The number of phenols is 2. The number of aromatic hydroxyl groups is 2. The number of carbonyl (C=O) groups excluding carboxylic acids is 2. The molecule has 0 bridgehead atoms. The van der Waals surface area contributed by atoms with E-state index in [1.807, 2.05) is 0 Å². The third kappa shape index (κ3) is 2.69. The first-order valence-corrected chi connectivity index (χ1v) is 11.9. The molecule has 5 atom stereocenters. The molecular weight excluding hydrogens is 498 g/mol. The topological polar surface area (TPSA) is 197 Å². The Bertz CT molecular complexity index is 1850. The van der Waals surface area contributed by atoms with Crippen LogP contribution in [0.25, 0.3) is 43.6 Å². The van der Waals surface area contributed by atoms with E-state index in [1.54, 1.807) is 24.3 Å². The highest BCUT2D eigenvalue weighted by atomic mass is 16.6. The predicted molar refractivity (Wildman–Crippen MR) is 133 cm³/mol. The number of amides is 2. The first kappa shape index (κ1) is 23.0. The fourth-order valence-electron chi connectivity index (χ4n) is 5.94. The van der Waals surface area contributed by atoms with Gasteiger partial charge in [0.05, 0.1) is 39.7 Å². The summed E-state index contributed by atoms with van der Waals surface area (Å²) in [4.78, 5) is 29.5. The first-order valence-electron chi connectivity index (χ1n) is 11.9. The van der Waals surface area contributed by atoms with Crippen molar-refractivity contribution >= 4 is 55.4 Å². The highest BCUT2D eigenvalue weighted by Gasteiger charge is 2.46. The van der Waals surface area contributed by atoms with Crippen molar-refractivity contribution in [3.63, 3.8) is 0 Å². The van der Waals surface area contributed by atoms with Crippen molar-refractivity contribution in [3.8, 4) is 11.5 Å². The van der Waals surface area contributed by atoms with Gasteiger partial charge in [-0.1, -0.05) is 18.2 Å². The number of rotatable bonds is 2. The molecule has 0 unspecified atom stereocenters. The van der Waals surface area contributed by atoms with Crippen molar-refractivity contribution in [3.05, 3.63) is 47.5 Å². The number of nitrogens with zero attached hydrogens (tertiary/aromatic N) is 1. The molecule has 38 heavy (non-hydrogen) atoms. The Hall–Kier alpha value is -4.20. The number of carbonyl (C=O) groups is 2. The highest BCUT2D eigenvalue weighted by Crippen LogP contribution is 2.49. The normalized spacial score (nSPS) is 25.6. The zero-order valence-corrected chi connectivity index (χ0v) is 19.4. The van der Waals surface area contributed by atoms with Gasteiger partial charge in [-0.25, -0.2) is 0 Å². The Morgan fingerprint density at radius 1 is 0.868 bits per heavy atom. The van der Waals surface area contributed by atoms with Crippen LogP contribution in [0.5, 0.6) is 11.5 Å². The number of aliphatic hydroxyl groups is 4. The third-order valence-corrected chi connectivity index (χ3v) is 7.62. The van der Waals surface area contributed by atoms with Crippen LogP contribution < -0.4 is 5.32 Å². The average Bonchev–Trinajstić information content (AvgIpc) is 3.54. The molecule has 7 rings (SSSR count). The third-order valence-electron chi connectivity index (χ3n) is 7.62. The van der Waals surface area contributed by atoms with Gasteiger partial charge in [-0.2, -0.15) is 0 Å². The molecule has 1 fully saturated rings. The SMILES string of the molecule is O=C1NC(=O)c2c1c1c3ccccc3[nH]c1c1c2c2c(O)c(O)ccc2n1[C@@H]1O[C@H](CO)[C@@H](O)[C@H](O)[C@H]1O. The van der Waals surface area contributed by atoms with E-state index in [0.29, 0.717) is 21.8 Å². The zero-order valence-electron chi connectivity index (χ0n) is 19.4. The van der Waals surface area contributed by atoms with Crippen molar-refractivity contribution in [2.75, 3.05) is 6.61 Å². The molecule has 3 aromatic carbocycles. The summed E-state index contributed by atoms with van der Waals surface area (Å²) < 4.78 is 7.31. The van der Waals surface area contributed by atoms with E-state index in [9.17, 15) is 40.2 Å². The molecule has 4 heterocycles. The second-order valence-corrected chi connectivity index (χ2v) is 9.59. The fraction of sp³-hybridized carbons (Fsp3) is 0.231. The molecular formula is C26H21N3O9. The number of phenolic OH excluding ortho intramolecular Hbond substituents is 2. The summed E-state index contributed by atoms with van der Waals surface area (Å²) in [5.74, 6) is -2.39. The lowest BCUT2D eigenvalue weighted by Crippen LogP contribution is -2.56. The Balaban J connectivity index is 1.74. The van der Waals surface area contributed by atoms with E-state index in [1.165, 1.54) is 16.7 Å². The van der Waals surface area contributed by atoms with E-state index in [-0.39, 0.29) is 32.9 Å². The second kappa shape index (κ2) is 7.66. The minimum atomic E-state index is -1.71. The summed E-state index contributed by atoms with van der Waals surface area (Å²) >= 11 is 0. The number of aromatic nitrogens is 2. The minimum Gasteiger partial charge on any atom is -0.504 e. The number of para-hydroxylation sites is 1. The Morgan fingerprint density at radius 2 is 1.58 bits per heavy atom. The predicted octanol–water partition coefficient (Wildman–Crippen LogP) is 0.696. The van der Waals surface area contributed by atoms with Gasteiger partial charge < -0.3 is 44.9 Å². The summed E-state index contributed by atoms with van der Waals surface area (Å²) in [7, 11) is 0. The molecule has 5 aromatic rings. The number of H-pyrrole nitrogens is 1. The summed E-state index contributed by atoms with van der Waals surface area (Å²) in [6.45, 7) is -0.668. The monoisotopic (exact) mass is 519 g/mol. The first-order chi connectivity index (χ1) is 18.2. The van der Waals surface area contributed by atoms with Crippen LogP contribution in [0.3, 0.4) is 0 Å². The van der Waals surface area contributed by atoms with E-state index >= 15 is 0 Å². The number of hydrogen-bond acceptors (Lipinski definition) is 9. The van der Waals surface area contributed by atoms with Gasteiger partial charge in [-0.05, 0) is 18.2 Å². The van der Waals surface area contributed by atoms with Gasteiger partial charge in [0, 0.05) is 21.7 Å². The van der Waals surface area contributed by atoms with Crippen molar-refractivity contribution in [2.45, 2.75) is 30.6 Å². The van der Waals surface area contributed by atoms with Crippen LogP contribution in [0, 0.1) is 0 Å². The molecule has 0 saturated carbocycles. The minimum absolute atomic E-state index is 0.0126. The number of imide groups is 1. The standard InChI is InChI=1S/C26H21N3O9/c30-7-12-21(33)22(34)23(35)26(38-12)29-10-5-6-11(31)20(32)14(10)15-17-16(24(36)28-25(17)37)13-8-3-1-2-4-9(8)27-18(13)19(15)29/h1-6,12,21-23,26-27,30-35H,7H2,(H,28,36,37)/t12-,21-,22+,23-,26-/m1/s1. The molecule has 12 nitrogen and oxygen atoms in total. The number of nitrogens with one attached hydrogen (secondary N) is 2. The van der Waals surface area contributed by atoms with Crippen molar-refractivity contribution in [1.29, 1.82) is 0 Å². The number of fused-ring (bicyclic) bond motifs is 10. The molecule has 194 valence electrons. The molecule has 2 aliphatic heterocycles. The number of aromatic amines is 1. The highest BCUT2D eigenvalue weighted by molar-refractivity contribution is 6.39. The Labute approximate surface area is 211 Å². The zero-order chi connectivity index (χ0) is 26.6. The molecule has 2 amide bonds. The van der Waals surface area contributed by atoms with E-state index < -0.39 is 60.6 Å². The lowest BCUT2D eigenvalue weighted by Gasteiger charge is -2.41. The molecule has 2 aliphatic rings. The van der Waals surface area contributed by atoms with Crippen LogP contribution in [-0.4, -0.2) is 83.0 Å². The van der Waals surface area contributed by atoms with Gasteiger partial charge in [-0.3, -0.25) is 14.9 Å². The maximum atomic E-state index is 13.2. The Morgan fingerprint density at radius 3 is 2.32 bits per heavy atom. The number of benzene rings is 3. The van der Waals surface area contributed by atoms with Gasteiger partial charge in [-0.15, -0.1) is 0 Å². The largest absolute Gasteiger partial charge is 0.504 e.